The summed E-state index contributed by atoms with van der Waals surface area (Å²) in [6.07, 6.45) is 0.760. The molecule has 0 aromatic heterocycles. The minimum atomic E-state index is -1.64. The van der Waals surface area contributed by atoms with Crippen LogP contribution in [-0.2, 0) is 6.54 Å². The third-order valence-electron chi connectivity index (χ3n) is 5.43. The molecule has 0 heterocycles. The van der Waals surface area contributed by atoms with Crippen molar-refractivity contribution in [3.8, 4) is 17.2 Å². The van der Waals surface area contributed by atoms with Crippen LogP contribution in [0.4, 0.5) is 0 Å². The summed E-state index contributed by atoms with van der Waals surface area (Å²) in [7, 11) is 0.0469. The molecule has 3 nitrogen and oxygen atoms in total. The summed E-state index contributed by atoms with van der Waals surface area (Å²) in [4.78, 5) is 0. The molecule has 0 radical (unpaired) electrons. The van der Waals surface area contributed by atoms with Gasteiger partial charge < -0.3 is 15.8 Å². The summed E-state index contributed by atoms with van der Waals surface area (Å²) < 4.78 is 5.18. The summed E-state index contributed by atoms with van der Waals surface area (Å²) in [6, 6.07) is 8.18. The molecule has 0 saturated heterocycles. The van der Waals surface area contributed by atoms with Gasteiger partial charge in [-0.2, -0.15) is 0 Å². The van der Waals surface area contributed by atoms with E-state index in [2.05, 4.69) is 70.5 Å². The Hall–Kier alpha value is -1.28. The van der Waals surface area contributed by atoms with Crippen molar-refractivity contribution in [2.45, 2.75) is 77.2 Å². The van der Waals surface area contributed by atoms with E-state index >= 15 is 0 Å². The van der Waals surface area contributed by atoms with Crippen molar-refractivity contribution >= 4 is 8.07 Å². The first kappa shape index (κ1) is 22.8. The third-order valence-corrected chi connectivity index (χ3v) is 11.8. The molecule has 0 aliphatic heterocycles. The van der Waals surface area contributed by atoms with Crippen molar-refractivity contribution in [3.63, 3.8) is 0 Å². The monoisotopic (exact) mass is 374 g/mol. The average molecular weight is 375 g/mol. The number of benzene rings is 1. The van der Waals surface area contributed by atoms with Gasteiger partial charge in [0.1, 0.15) is 13.8 Å². The molecule has 1 atom stereocenters. The lowest BCUT2D eigenvalue weighted by atomic mass is 10.2. The largest absolute Gasteiger partial charge is 0.497 e. The summed E-state index contributed by atoms with van der Waals surface area (Å²) in [5.74, 6) is 4.35. The predicted octanol–water partition coefficient (Wildman–Crippen LogP) is 4.72. The summed E-state index contributed by atoms with van der Waals surface area (Å²) in [6.45, 7) is 15.7. The number of methoxy groups -OCH3 is 1. The zero-order valence-corrected chi connectivity index (χ0v) is 18.7. The van der Waals surface area contributed by atoms with Crippen LogP contribution in [0, 0.1) is 11.5 Å². The molecular weight excluding hydrogens is 336 g/mol. The Kier molecular flexibility index (Phi) is 9.42. The van der Waals surface area contributed by atoms with Gasteiger partial charge in [0, 0.05) is 25.6 Å². The molecule has 26 heavy (non-hydrogen) atoms. The zero-order chi connectivity index (χ0) is 19.7. The van der Waals surface area contributed by atoms with Crippen molar-refractivity contribution in [2.75, 3.05) is 13.7 Å². The van der Waals surface area contributed by atoms with E-state index in [1.165, 1.54) is 5.56 Å². The second-order valence-corrected chi connectivity index (χ2v) is 13.7. The van der Waals surface area contributed by atoms with Gasteiger partial charge in [-0.25, -0.2) is 0 Å². The van der Waals surface area contributed by atoms with Crippen molar-refractivity contribution in [2.24, 2.45) is 5.73 Å². The van der Waals surface area contributed by atoms with Crippen molar-refractivity contribution in [1.82, 2.24) is 5.32 Å². The Labute approximate surface area is 162 Å². The number of rotatable bonds is 9. The molecule has 0 amide bonds. The van der Waals surface area contributed by atoms with Crippen molar-refractivity contribution < 1.29 is 4.74 Å². The minimum absolute atomic E-state index is 0.0685. The molecule has 1 rings (SSSR count). The van der Waals surface area contributed by atoms with Crippen LogP contribution < -0.4 is 15.8 Å². The quantitative estimate of drug-likeness (QED) is 0.485. The first-order valence-electron chi connectivity index (χ1n) is 9.83. The highest BCUT2D eigenvalue weighted by Gasteiger charge is 2.41. The first-order chi connectivity index (χ1) is 12.2. The normalized spacial score (nSPS) is 13.0. The molecular formula is C22H38N2OSi. The topological polar surface area (TPSA) is 47.3 Å². The van der Waals surface area contributed by atoms with Crippen LogP contribution in [0.15, 0.2) is 24.3 Å². The lowest BCUT2D eigenvalue weighted by Gasteiger charge is -2.38. The molecule has 1 aromatic carbocycles. The van der Waals surface area contributed by atoms with Crippen LogP contribution in [0.2, 0.25) is 16.6 Å². The van der Waals surface area contributed by atoms with Gasteiger partial charge in [0.15, 0.2) is 0 Å². The van der Waals surface area contributed by atoms with Crippen molar-refractivity contribution in [3.05, 3.63) is 29.8 Å². The number of nitrogens with one attached hydrogen (secondary N) is 1. The van der Waals surface area contributed by atoms with Crippen LogP contribution in [0.3, 0.4) is 0 Å². The number of ether oxygens (including phenoxy) is 1. The van der Waals surface area contributed by atoms with Crippen LogP contribution in [-0.4, -0.2) is 27.8 Å². The van der Waals surface area contributed by atoms with Gasteiger partial charge in [0.05, 0.1) is 7.11 Å². The van der Waals surface area contributed by atoms with E-state index < -0.39 is 8.07 Å². The van der Waals surface area contributed by atoms with E-state index in [9.17, 15) is 0 Å². The van der Waals surface area contributed by atoms with Gasteiger partial charge in [-0.3, -0.25) is 0 Å². The summed E-state index contributed by atoms with van der Waals surface area (Å²) >= 11 is 0. The minimum Gasteiger partial charge on any atom is -0.497 e. The van der Waals surface area contributed by atoms with E-state index in [0.29, 0.717) is 16.6 Å². The predicted molar refractivity (Wildman–Crippen MR) is 116 cm³/mol. The van der Waals surface area contributed by atoms with E-state index in [0.717, 1.165) is 25.3 Å². The molecule has 1 unspecified atom stereocenters. The van der Waals surface area contributed by atoms with Crippen molar-refractivity contribution in [1.29, 1.82) is 0 Å². The second kappa shape index (κ2) is 10.8. The molecule has 146 valence electrons. The van der Waals surface area contributed by atoms with Crippen LogP contribution in [0.25, 0.3) is 0 Å². The highest BCUT2D eigenvalue weighted by molar-refractivity contribution is 6.90. The molecule has 1 aromatic rings. The highest BCUT2D eigenvalue weighted by Crippen LogP contribution is 2.40. The van der Waals surface area contributed by atoms with Gasteiger partial charge in [-0.05, 0) is 34.3 Å². The maximum Gasteiger partial charge on any atom is 0.145 e. The number of nitrogens with two attached hydrogens (primary N) is 1. The van der Waals surface area contributed by atoms with E-state index in [1.54, 1.807) is 7.11 Å². The number of hydrogen-bond donors (Lipinski definition) is 2. The lowest BCUT2D eigenvalue weighted by molar-refractivity contribution is 0.414. The fourth-order valence-electron chi connectivity index (χ4n) is 3.99. The maximum atomic E-state index is 6.27. The molecule has 0 aliphatic carbocycles. The molecule has 3 N–H and O–H groups in total. The summed E-state index contributed by atoms with van der Waals surface area (Å²) in [5, 5.41) is 3.43. The van der Waals surface area contributed by atoms with Gasteiger partial charge in [0.2, 0.25) is 0 Å². The molecule has 0 bridgehead atoms. The Morgan fingerprint density at radius 1 is 1.00 bits per heavy atom. The average Bonchev–Trinajstić information content (AvgIpc) is 2.58. The Morgan fingerprint density at radius 3 is 2.00 bits per heavy atom. The third kappa shape index (κ3) is 6.16. The van der Waals surface area contributed by atoms with E-state index in [1.807, 2.05) is 12.1 Å². The molecule has 4 heteroatoms. The second-order valence-electron chi connectivity index (χ2n) is 8.14. The fraction of sp³-hybridized carbons (Fsp3) is 0.636. The van der Waals surface area contributed by atoms with E-state index in [4.69, 9.17) is 10.5 Å². The first-order valence-corrected chi connectivity index (χ1v) is 12.1. The Balaban J connectivity index is 2.55. The summed E-state index contributed by atoms with van der Waals surface area (Å²) in [5.41, 5.74) is 13.3. The maximum absolute atomic E-state index is 6.27. The molecule has 0 spiro atoms. The van der Waals surface area contributed by atoms with Gasteiger partial charge in [-0.15, -0.1) is 11.5 Å². The smallest absolute Gasteiger partial charge is 0.145 e. The molecule has 0 saturated carbocycles. The van der Waals surface area contributed by atoms with Crippen LogP contribution in [0.1, 0.15) is 53.5 Å². The van der Waals surface area contributed by atoms with Gasteiger partial charge in [-0.1, -0.05) is 53.7 Å². The molecule has 0 aliphatic rings. The number of hydrogen-bond acceptors (Lipinski definition) is 3. The Morgan fingerprint density at radius 2 is 1.54 bits per heavy atom. The lowest BCUT2D eigenvalue weighted by Crippen LogP contribution is -2.43. The Bertz CT molecular complexity index is 563. The van der Waals surface area contributed by atoms with Crippen LogP contribution >= 0.6 is 0 Å². The SMILES string of the molecule is COc1ccc(CNCC(N)CC#C[Si](C(C)C)(C(C)C)C(C)C)cc1. The zero-order valence-electron chi connectivity index (χ0n) is 17.7. The highest BCUT2D eigenvalue weighted by atomic mass is 28.3. The van der Waals surface area contributed by atoms with Gasteiger partial charge >= 0.3 is 0 Å². The van der Waals surface area contributed by atoms with Gasteiger partial charge in [0.25, 0.3) is 0 Å². The fourth-order valence-corrected chi connectivity index (χ4v) is 9.26. The van der Waals surface area contributed by atoms with E-state index in [-0.39, 0.29) is 6.04 Å². The standard InChI is InChI=1S/C22H38N2OSi/c1-17(2)26(18(3)4,19(5)6)14-8-9-21(23)16-24-15-20-10-12-22(25-7)13-11-20/h10-13,17-19,21,24H,9,15-16,23H2,1-7H3. The van der Waals surface area contributed by atoms with Crippen LogP contribution in [0.5, 0.6) is 5.75 Å². The molecule has 0 fully saturated rings.